The predicted molar refractivity (Wildman–Crippen MR) is 95.3 cm³/mol. The van der Waals surface area contributed by atoms with Gasteiger partial charge in [0.05, 0.1) is 5.69 Å². The number of amides is 1. The first kappa shape index (κ1) is 16.0. The third kappa shape index (κ3) is 3.23. The Labute approximate surface area is 142 Å². The van der Waals surface area contributed by atoms with E-state index >= 15 is 0 Å². The van der Waals surface area contributed by atoms with Gasteiger partial charge in [-0.15, -0.1) is 0 Å². The highest BCUT2D eigenvalue weighted by Gasteiger charge is 2.13. The number of aromatic nitrogens is 2. The number of carbonyl (C=O) groups is 1. The van der Waals surface area contributed by atoms with Crippen LogP contribution in [-0.2, 0) is 6.54 Å². The Morgan fingerprint density at radius 3 is 2.38 bits per heavy atom. The van der Waals surface area contributed by atoms with Crippen molar-refractivity contribution in [3.05, 3.63) is 83.2 Å². The van der Waals surface area contributed by atoms with Crippen LogP contribution in [0, 0.1) is 13.8 Å². The van der Waals surface area contributed by atoms with E-state index in [1.165, 1.54) is 5.56 Å². The predicted octanol–water partition coefficient (Wildman–Crippen LogP) is 3.76. The molecule has 0 aliphatic carbocycles. The normalized spacial score (nSPS) is 10.6. The summed E-state index contributed by atoms with van der Waals surface area (Å²) in [6.45, 7) is 4.67. The number of rotatable bonds is 4. The van der Waals surface area contributed by atoms with Gasteiger partial charge in [-0.3, -0.25) is 4.79 Å². The molecule has 1 heterocycles. The summed E-state index contributed by atoms with van der Waals surface area (Å²) in [5, 5.41) is 4.28. The summed E-state index contributed by atoms with van der Waals surface area (Å²) in [5.74, 6) is 0.0157. The molecule has 122 valence electrons. The fraction of sp³-hybridized carbons (Fsp3) is 0.200. The molecule has 24 heavy (non-hydrogen) atoms. The van der Waals surface area contributed by atoms with Crippen LogP contribution in [0.4, 0.5) is 0 Å². The van der Waals surface area contributed by atoms with E-state index in [9.17, 15) is 4.79 Å². The van der Waals surface area contributed by atoms with Crippen LogP contribution in [0.5, 0.6) is 0 Å². The van der Waals surface area contributed by atoms with Crippen LogP contribution in [-0.4, -0.2) is 27.6 Å². The van der Waals surface area contributed by atoms with Crippen LogP contribution in [0.3, 0.4) is 0 Å². The second kappa shape index (κ2) is 6.71. The topological polar surface area (TPSA) is 38.1 Å². The molecular formula is C20H21N3O. The average Bonchev–Trinajstić information content (AvgIpc) is 3.02. The van der Waals surface area contributed by atoms with Gasteiger partial charge in [-0.1, -0.05) is 24.3 Å². The summed E-state index contributed by atoms with van der Waals surface area (Å²) in [7, 11) is 1.83. The molecule has 2 aromatic carbocycles. The summed E-state index contributed by atoms with van der Waals surface area (Å²) in [6.07, 6.45) is 1.77. The van der Waals surface area contributed by atoms with Crippen molar-refractivity contribution >= 4 is 5.91 Å². The lowest BCUT2D eigenvalue weighted by Gasteiger charge is -2.19. The Kier molecular flexibility index (Phi) is 4.47. The van der Waals surface area contributed by atoms with Gasteiger partial charge in [-0.25, -0.2) is 4.68 Å². The van der Waals surface area contributed by atoms with Gasteiger partial charge in [-0.05, 0) is 55.3 Å². The SMILES string of the molecule is Cc1ccccc1CN(C)C(=O)c1ccc(-n2nccc2C)cc1. The fourth-order valence-corrected chi connectivity index (χ4v) is 2.72. The van der Waals surface area contributed by atoms with E-state index in [1.54, 1.807) is 11.1 Å². The summed E-state index contributed by atoms with van der Waals surface area (Å²) < 4.78 is 1.85. The zero-order valence-corrected chi connectivity index (χ0v) is 14.2. The minimum absolute atomic E-state index is 0.0157. The molecule has 4 nitrogen and oxygen atoms in total. The van der Waals surface area contributed by atoms with Crippen molar-refractivity contribution in [1.29, 1.82) is 0 Å². The molecule has 1 aromatic heterocycles. The number of carbonyl (C=O) groups excluding carboxylic acids is 1. The molecule has 0 aliphatic heterocycles. The first-order valence-corrected chi connectivity index (χ1v) is 7.97. The molecule has 0 saturated carbocycles. The maximum absolute atomic E-state index is 12.6. The van der Waals surface area contributed by atoms with Gasteiger partial charge < -0.3 is 4.90 Å². The molecule has 0 spiro atoms. The highest BCUT2D eigenvalue weighted by molar-refractivity contribution is 5.94. The lowest BCUT2D eigenvalue weighted by atomic mass is 10.1. The zero-order chi connectivity index (χ0) is 17.1. The molecule has 1 amide bonds. The summed E-state index contributed by atoms with van der Waals surface area (Å²) >= 11 is 0. The first-order chi connectivity index (χ1) is 11.6. The molecule has 3 aromatic rings. The highest BCUT2D eigenvalue weighted by atomic mass is 16.2. The number of aryl methyl sites for hydroxylation is 2. The Morgan fingerprint density at radius 2 is 1.75 bits per heavy atom. The maximum atomic E-state index is 12.6. The van der Waals surface area contributed by atoms with Crippen molar-refractivity contribution in [1.82, 2.24) is 14.7 Å². The lowest BCUT2D eigenvalue weighted by Crippen LogP contribution is -2.26. The molecule has 0 fully saturated rings. The average molecular weight is 319 g/mol. The molecule has 3 rings (SSSR count). The van der Waals surface area contributed by atoms with E-state index in [4.69, 9.17) is 0 Å². The highest BCUT2D eigenvalue weighted by Crippen LogP contribution is 2.15. The summed E-state index contributed by atoms with van der Waals surface area (Å²) in [6, 6.07) is 17.6. The third-order valence-corrected chi connectivity index (χ3v) is 4.21. The molecule has 0 saturated heterocycles. The van der Waals surface area contributed by atoms with Gasteiger partial charge in [0.25, 0.3) is 5.91 Å². The van der Waals surface area contributed by atoms with Crippen LogP contribution in [0.25, 0.3) is 5.69 Å². The Balaban J connectivity index is 1.75. The zero-order valence-electron chi connectivity index (χ0n) is 14.2. The Bertz CT molecular complexity index is 849. The largest absolute Gasteiger partial charge is 0.337 e. The number of benzene rings is 2. The number of hydrogen-bond acceptors (Lipinski definition) is 2. The summed E-state index contributed by atoms with van der Waals surface area (Å²) in [4.78, 5) is 14.4. The molecule has 0 aliphatic rings. The van der Waals surface area contributed by atoms with Gasteiger partial charge in [0, 0.05) is 31.0 Å². The number of nitrogens with zero attached hydrogens (tertiary/aromatic N) is 3. The van der Waals surface area contributed by atoms with Crippen LogP contribution in [0.15, 0.2) is 60.8 Å². The van der Waals surface area contributed by atoms with Crippen molar-refractivity contribution in [2.45, 2.75) is 20.4 Å². The second-order valence-electron chi connectivity index (χ2n) is 6.02. The molecule has 0 bridgehead atoms. The molecule has 0 radical (unpaired) electrons. The number of hydrogen-bond donors (Lipinski definition) is 0. The van der Waals surface area contributed by atoms with Crippen LogP contribution in [0.2, 0.25) is 0 Å². The fourth-order valence-electron chi connectivity index (χ4n) is 2.72. The molecule has 4 heteroatoms. The Hall–Kier alpha value is -2.88. The van der Waals surface area contributed by atoms with Crippen molar-refractivity contribution < 1.29 is 4.79 Å². The van der Waals surface area contributed by atoms with E-state index < -0.39 is 0 Å². The van der Waals surface area contributed by atoms with Gasteiger partial charge in [0.1, 0.15) is 0 Å². The second-order valence-corrected chi connectivity index (χ2v) is 6.02. The third-order valence-electron chi connectivity index (χ3n) is 4.21. The van der Waals surface area contributed by atoms with Crippen molar-refractivity contribution in [2.75, 3.05) is 7.05 Å². The van der Waals surface area contributed by atoms with E-state index in [-0.39, 0.29) is 5.91 Å². The van der Waals surface area contributed by atoms with Crippen molar-refractivity contribution in [3.63, 3.8) is 0 Å². The van der Waals surface area contributed by atoms with E-state index in [0.29, 0.717) is 12.1 Å². The lowest BCUT2D eigenvalue weighted by molar-refractivity contribution is 0.0785. The van der Waals surface area contributed by atoms with Crippen molar-refractivity contribution in [2.24, 2.45) is 0 Å². The van der Waals surface area contributed by atoms with Gasteiger partial charge in [-0.2, -0.15) is 5.10 Å². The quantitative estimate of drug-likeness (QED) is 0.734. The maximum Gasteiger partial charge on any atom is 0.253 e. The molecule has 0 unspecified atom stereocenters. The molecule has 0 N–H and O–H groups in total. The van der Waals surface area contributed by atoms with E-state index in [2.05, 4.69) is 24.2 Å². The standard InChI is InChI=1S/C20H21N3O/c1-15-6-4-5-7-18(15)14-22(3)20(24)17-8-10-19(11-9-17)23-16(2)12-13-21-23/h4-13H,14H2,1-3H3. The van der Waals surface area contributed by atoms with E-state index in [0.717, 1.165) is 16.9 Å². The first-order valence-electron chi connectivity index (χ1n) is 7.97. The molecular weight excluding hydrogens is 298 g/mol. The Morgan fingerprint density at radius 1 is 1.04 bits per heavy atom. The van der Waals surface area contributed by atoms with Crippen LogP contribution in [0.1, 0.15) is 27.2 Å². The minimum atomic E-state index is 0.0157. The monoisotopic (exact) mass is 319 g/mol. The van der Waals surface area contributed by atoms with Gasteiger partial charge >= 0.3 is 0 Å². The summed E-state index contributed by atoms with van der Waals surface area (Å²) in [5.41, 5.74) is 5.06. The smallest absolute Gasteiger partial charge is 0.253 e. The van der Waals surface area contributed by atoms with Gasteiger partial charge in [0.15, 0.2) is 0 Å². The van der Waals surface area contributed by atoms with Crippen molar-refractivity contribution in [3.8, 4) is 5.69 Å². The van der Waals surface area contributed by atoms with Crippen LogP contribution >= 0.6 is 0 Å². The van der Waals surface area contributed by atoms with Crippen LogP contribution < -0.4 is 0 Å². The van der Waals surface area contributed by atoms with Gasteiger partial charge in [0.2, 0.25) is 0 Å². The molecule has 0 atom stereocenters. The van der Waals surface area contributed by atoms with E-state index in [1.807, 2.05) is 61.1 Å². The minimum Gasteiger partial charge on any atom is -0.337 e.